The molecule has 25 heavy (non-hydrogen) atoms. The fraction of sp³-hybridized carbons (Fsp3) is 0.167. The van der Waals surface area contributed by atoms with E-state index < -0.39 is 0 Å². The lowest BCUT2D eigenvalue weighted by atomic mass is 10.2. The van der Waals surface area contributed by atoms with Gasteiger partial charge in [0.05, 0.1) is 11.7 Å². The topological polar surface area (TPSA) is 50.0 Å². The molecule has 5 nitrogen and oxygen atoms in total. The smallest absolute Gasteiger partial charge is 0.284 e. The van der Waals surface area contributed by atoms with Crippen LogP contribution in [0.2, 0.25) is 5.02 Å². The van der Waals surface area contributed by atoms with Gasteiger partial charge in [-0.25, -0.2) is 4.98 Å². The molecule has 1 aliphatic heterocycles. The number of hydrogen-bond acceptors (Lipinski definition) is 4. The molecule has 3 aromatic rings. The van der Waals surface area contributed by atoms with E-state index in [9.17, 15) is 4.79 Å². The molecule has 0 saturated heterocycles. The van der Waals surface area contributed by atoms with E-state index in [1.807, 2.05) is 47.9 Å². The molecule has 1 aliphatic rings. The summed E-state index contributed by atoms with van der Waals surface area (Å²) in [5.74, 6) is 0.657. The monoisotopic (exact) mass is 370 g/mol. The van der Waals surface area contributed by atoms with Crippen molar-refractivity contribution < 1.29 is 4.79 Å². The first-order chi connectivity index (χ1) is 12.1. The Morgan fingerprint density at radius 1 is 1.28 bits per heavy atom. The van der Waals surface area contributed by atoms with Crippen LogP contribution in [0.25, 0.3) is 5.65 Å². The second-order valence-electron chi connectivity index (χ2n) is 5.78. The Morgan fingerprint density at radius 3 is 2.76 bits per heavy atom. The standard InChI is InChI=1S/C18H15ClN4OS/c1-12-11-25-18(20-12)23(14-7-5-13(19)6-8-14)17(24)15-10-22-9-3-2-4-16(22)21-15/h2-10,12H,11H2,1H3/t12-/m1/s1. The van der Waals surface area contributed by atoms with E-state index in [0.29, 0.717) is 15.9 Å². The van der Waals surface area contributed by atoms with Gasteiger partial charge in [0.1, 0.15) is 11.3 Å². The van der Waals surface area contributed by atoms with Gasteiger partial charge in [-0.2, -0.15) is 0 Å². The number of pyridine rings is 1. The van der Waals surface area contributed by atoms with Crippen molar-refractivity contribution in [2.45, 2.75) is 13.0 Å². The van der Waals surface area contributed by atoms with Crippen LogP contribution in [0.4, 0.5) is 5.69 Å². The Morgan fingerprint density at radius 2 is 2.08 bits per heavy atom. The summed E-state index contributed by atoms with van der Waals surface area (Å²) in [6.07, 6.45) is 3.61. The minimum atomic E-state index is -0.202. The van der Waals surface area contributed by atoms with E-state index in [2.05, 4.69) is 9.98 Å². The van der Waals surface area contributed by atoms with Gasteiger partial charge >= 0.3 is 0 Å². The normalized spacial score (nSPS) is 16.9. The number of nitrogens with zero attached hydrogens (tertiary/aromatic N) is 4. The van der Waals surface area contributed by atoms with Gasteiger partial charge in [-0.15, -0.1) is 0 Å². The molecular formula is C18H15ClN4OS. The molecule has 0 aliphatic carbocycles. The number of thioether (sulfide) groups is 1. The van der Waals surface area contributed by atoms with Crippen molar-refractivity contribution in [2.24, 2.45) is 4.99 Å². The molecule has 7 heteroatoms. The Bertz CT molecular complexity index is 934. The zero-order valence-electron chi connectivity index (χ0n) is 13.5. The maximum absolute atomic E-state index is 13.2. The number of amidine groups is 1. The summed E-state index contributed by atoms with van der Waals surface area (Å²) < 4.78 is 1.83. The Kier molecular flexibility index (Phi) is 4.23. The highest BCUT2D eigenvalue weighted by Gasteiger charge is 2.29. The fourth-order valence-corrected chi connectivity index (χ4v) is 3.80. The van der Waals surface area contributed by atoms with Crippen molar-refractivity contribution in [3.05, 3.63) is 65.6 Å². The predicted octanol–water partition coefficient (Wildman–Crippen LogP) is 4.13. The number of carbonyl (C=O) groups is 1. The number of benzene rings is 1. The van der Waals surface area contributed by atoms with Crippen LogP contribution >= 0.6 is 23.4 Å². The Labute approximate surface area is 154 Å². The van der Waals surface area contributed by atoms with Gasteiger partial charge in [0.15, 0.2) is 5.17 Å². The van der Waals surface area contributed by atoms with Gasteiger partial charge in [-0.1, -0.05) is 29.4 Å². The third-order valence-electron chi connectivity index (χ3n) is 3.85. The number of hydrogen-bond donors (Lipinski definition) is 0. The molecule has 1 amide bonds. The van der Waals surface area contributed by atoms with Crippen LogP contribution in [0, 0.1) is 0 Å². The minimum absolute atomic E-state index is 0.184. The fourth-order valence-electron chi connectivity index (χ4n) is 2.64. The second kappa shape index (κ2) is 6.54. The second-order valence-corrected chi connectivity index (χ2v) is 7.20. The van der Waals surface area contributed by atoms with E-state index in [0.717, 1.165) is 17.1 Å². The number of carbonyl (C=O) groups excluding carboxylic acids is 1. The zero-order chi connectivity index (χ0) is 17.4. The summed E-state index contributed by atoms with van der Waals surface area (Å²) in [5.41, 5.74) is 1.84. The number of halogens is 1. The summed E-state index contributed by atoms with van der Waals surface area (Å²) >= 11 is 7.57. The Hall–Kier alpha value is -2.31. The van der Waals surface area contributed by atoms with Gasteiger partial charge in [0.2, 0.25) is 0 Å². The highest BCUT2D eigenvalue weighted by atomic mass is 35.5. The first-order valence-corrected chi connectivity index (χ1v) is 9.22. The van der Waals surface area contributed by atoms with Crippen molar-refractivity contribution in [2.75, 3.05) is 10.7 Å². The number of imidazole rings is 1. The quantitative estimate of drug-likeness (QED) is 0.681. The van der Waals surface area contributed by atoms with Crippen LogP contribution in [0.15, 0.2) is 59.9 Å². The van der Waals surface area contributed by atoms with Gasteiger partial charge in [0, 0.05) is 23.2 Å². The van der Waals surface area contributed by atoms with E-state index in [1.165, 1.54) is 0 Å². The SMILES string of the molecule is C[C@@H]1CSC(N(C(=O)c2cn3ccccc3n2)c2ccc(Cl)cc2)=N1. The minimum Gasteiger partial charge on any atom is -0.306 e. The van der Waals surface area contributed by atoms with Crippen molar-refractivity contribution >= 4 is 45.8 Å². The molecule has 3 heterocycles. The van der Waals surface area contributed by atoms with Crippen LogP contribution in [-0.4, -0.2) is 32.3 Å². The molecule has 1 atom stereocenters. The third kappa shape index (κ3) is 3.15. The van der Waals surface area contributed by atoms with Crippen LogP contribution in [0.1, 0.15) is 17.4 Å². The van der Waals surface area contributed by atoms with Gasteiger partial charge in [0.25, 0.3) is 5.91 Å². The number of aliphatic imine (C=N–C) groups is 1. The molecule has 2 aromatic heterocycles. The lowest BCUT2D eigenvalue weighted by Crippen LogP contribution is -2.35. The molecular weight excluding hydrogens is 356 g/mol. The maximum Gasteiger partial charge on any atom is 0.284 e. The number of aromatic nitrogens is 2. The first-order valence-electron chi connectivity index (χ1n) is 7.86. The molecule has 0 bridgehead atoms. The Balaban J connectivity index is 1.77. The molecule has 0 unspecified atom stereocenters. The van der Waals surface area contributed by atoms with Crippen LogP contribution in [-0.2, 0) is 0 Å². The molecule has 0 fully saturated rings. The summed E-state index contributed by atoms with van der Waals surface area (Å²) in [7, 11) is 0. The lowest BCUT2D eigenvalue weighted by molar-refractivity contribution is 0.0999. The van der Waals surface area contributed by atoms with Crippen molar-refractivity contribution in [1.29, 1.82) is 0 Å². The third-order valence-corrected chi connectivity index (χ3v) is 5.29. The van der Waals surface area contributed by atoms with Crippen molar-refractivity contribution in [3.63, 3.8) is 0 Å². The van der Waals surface area contributed by atoms with Crippen LogP contribution in [0.5, 0.6) is 0 Å². The molecule has 1 aromatic carbocycles. The molecule has 0 radical (unpaired) electrons. The average molecular weight is 371 g/mol. The van der Waals surface area contributed by atoms with Gasteiger partial charge in [-0.05, 0) is 43.3 Å². The largest absolute Gasteiger partial charge is 0.306 e. The highest BCUT2D eigenvalue weighted by molar-refractivity contribution is 8.14. The predicted molar refractivity (Wildman–Crippen MR) is 103 cm³/mol. The summed E-state index contributed by atoms with van der Waals surface area (Å²) in [6.45, 7) is 2.04. The first kappa shape index (κ1) is 16.2. The van der Waals surface area contributed by atoms with E-state index in [1.54, 1.807) is 35.0 Å². The molecule has 0 spiro atoms. The maximum atomic E-state index is 13.2. The van der Waals surface area contributed by atoms with E-state index in [4.69, 9.17) is 11.6 Å². The van der Waals surface area contributed by atoms with Crippen molar-refractivity contribution in [3.8, 4) is 0 Å². The average Bonchev–Trinajstić information content (AvgIpc) is 3.23. The molecule has 4 rings (SSSR count). The summed E-state index contributed by atoms with van der Waals surface area (Å²) in [5, 5.41) is 1.31. The number of amides is 1. The molecule has 0 saturated carbocycles. The zero-order valence-corrected chi connectivity index (χ0v) is 15.0. The van der Waals surface area contributed by atoms with Gasteiger partial charge in [-0.3, -0.25) is 14.7 Å². The summed E-state index contributed by atoms with van der Waals surface area (Å²) in [6, 6.07) is 13.0. The number of rotatable bonds is 2. The number of fused-ring (bicyclic) bond motifs is 1. The van der Waals surface area contributed by atoms with Gasteiger partial charge < -0.3 is 4.40 Å². The molecule has 126 valence electrons. The van der Waals surface area contributed by atoms with E-state index >= 15 is 0 Å². The number of anilines is 1. The van der Waals surface area contributed by atoms with Crippen molar-refractivity contribution in [1.82, 2.24) is 9.38 Å². The van der Waals surface area contributed by atoms with Crippen LogP contribution < -0.4 is 4.90 Å². The highest BCUT2D eigenvalue weighted by Crippen LogP contribution is 2.28. The van der Waals surface area contributed by atoms with E-state index in [-0.39, 0.29) is 11.9 Å². The van der Waals surface area contributed by atoms with Crippen LogP contribution in [0.3, 0.4) is 0 Å². The summed E-state index contributed by atoms with van der Waals surface area (Å²) in [4.78, 5) is 23.9. The molecule has 0 N–H and O–H groups in total. The lowest BCUT2D eigenvalue weighted by Gasteiger charge is -2.21.